The Morgan fingerprint density at radius 3 is 2.81 bits per heavy atom. The first-order valence-corrected chi connectivity index (χ1v) is 6.69. The van der Waals surface area contributed by atoms with Crippen LogP contribution in [0.2, 0.25) is 0 Å². The van der Waals surface area contributed by atoms with Crippen LogP contribution in [0.3, 0.4) is 0 Å². The number of H-pyrrole nitrogens is 1. The minimum atomic E-state index is -0.350. The summed E-state index contributed by atoms with van der Waals surface area (Å²) >= 11 is 0. The average Bonchev–Trinajstić information content (AvgIpc) is 3.05. The van der Waals surface area contributed by atoms with Crippen molar-refractivity contribution >= 4 is 16.8 Å². The Hall–Kier alpha value is -2.56. The summed E-state index contributed by atoms with van der Waals surface area (Å²) < 4.78 is 19.1. The predicted molar refractivity (Wildman–Crippen MR) is 77.6 cm³/mol. The second kappa shape index (κ2) is 5.09. The van der Waals surface area contributed by atoms with Crippen LogP contribution in [0.5, 0.6) is 0 Å². The lowest BCUT2D eigenvalue weighted by molar-refractivity contribution is 0.0931. The third-order valence-electron chi connectivity index (χ3n) is 3.39. The van der Waals surface area contributed by atoms with Gasteiger partial charge >= 0.3 is 0 Å². The lowest BCUT2D eigenvalue weighted by Gasteiger charge is -2.10. The van der Waals surface area contributed by atoms with Gasteiger partial charge in [-0.3, -0.25) is 4.79 Å². The molecule has 3 aromatic rings. The molecule has 4 nitrogen and oxygen atoms in total. The van der Waals surface area contributed by atoms with Crippen LogP contribution in [-0.4, -0.2) is 10.9 Å². The molecule has 0 aliphatic rings. The topological polar surface area (TPSA) is 58.0 Å². The fraction of sp³-hybridized carbons (Fsp3) is 0.188. The summed E-state index contributed by atoms with van der Waals surface area (Å²) in [5, 5.41) is 3.23. The van der Waals surface area contributed by atoms with Crippen LogP contribution >= 0.6 is 0 Å². The molecule has 1 aromatic carbocycles. The minimum absolute atomic E-state index is 0.262. The molecule has 108 valence electrons. The Morgan fingerprint density at radius 2 is 2.14 bits per heavy atom. The molecule has 0 unspecified atom stereocenters. The molecule has 1 amide bonds. The summed E-state index contributed by atoms with van der Waals surface area (Å²) in [5.41, 5.74) is 0.923. The maximum absolute atomic E-state index is 13.6. The van der Waals surface area contributed by atoms with Gasteiger partial charge in [0.1, 0.15) is 23.0 Å². The smallest absolute Gasteiger partial charge is 0.268 e. The highest BCUT2D eigenvalue weighted by atomic mass is 19.1. The number of aryl methyl sites for hydroxylation is 1. The monoisotopic (exact) mass is 286 g/mol. The van der Waals surface area contributed by atoms with Gasteiger partial charge in [0.2, 0.25) is 0 Å². The van der Waals surface area contributed by atoms with E-state index in [2.05, 4.69) is 10.3 Å². The molecule has 5 heteroatoms. The van der Waals surface area contributed by atoms with Crippen molar-refractivity contribution in [2.24, 2.45) is 0 Å². The minimum Gasteiger partial charge on any atom is -0.464 e. The third kappa shape index (κ3) is 2.54. The Bertz CT molecular complexity index is 804. The molecule has 0 saturated carbocycles. The molecule has 0 saturated heterocycles. The first kappa shape index (κ1) is 13.4. The number of carbonyl (C=O) groups is 1. The van der Waals surface area contributed by atoms with Gasteiger partial charge in [0.25, 0.3) is 5.91 Å². The SMILES string of the molecule is Cc1ccc([C@H](C)NC(=O)c2cc3c(F)cccc3[nH]2)o1. The van der Waals surface area contributed by atoms with Crippen LogP contribution in [0.15, 0.2) is 40.8 Å². The maximum Gasteiger partial charge on any atom is 0.268 e. The molecule has 0 fully saturated rings. The van der Waals surface area contributed by atoms with Crippen LogP contribution in [0.1, 0.15) is 35.0 Å². The molecule has 0 aliphatic carbocycles. The van der Waals surface area contributed by atoms with Crippen LogP contribution in [-0.2, 0) is 0 Å². The molecule has 2 aromatic heterocycles. The van der Waals surface area contributed by atoms with Crippen LogP contribution in [0.4, 0.5) is 4.39 Å². The zero-order valence-corrected chi connectivity index (χ0v) is 11.7. The van der Waals surface area contributed by atoms with E-state index in [-0.39, 0.29) is 17.8 Å². The molecule has 21 heavy (non-hydrogen) atoms. The van der Waals surface area contributed by atoms with Crippen molar-refractivity contribution in [2.75, 3.05) is 0 Å². The number of benzene rings is 1. The number of fused-ring (bicyclic) bond motifs is 1. The largest absolute Gasteiger partial charge is 0.464 e. The molecule has 1 atom stereocenters. The number of nitrogens with one attached hydrogen (secondary N) is 2. The van der Waals surface area contributed by atoms with E-state index >= 15 is 0 Å². The van der Waals surface area contributed by atoms with E-state index < -0.39 is 0 Å². The molecular formula is C16H15FN2O2. The van der Waals surface area contributed by atoms with Crippen molar-refractivity contribution < 1.29 is 13.6 Å². The van der Waals surface area contributed by atoms with Gasteiger partial charge in [-0.1, -0.05) is 6.07 Å². The van der Waals surface area contributed by atoms with Gasteiger partial charge in [-0.15, -0.1) is 0 Å². The van der Waals surface area contributed by atoms with Crippen LogP contribution in [0, 0.1) is 12.7 Å². The first-order valence-electron chi connectivity index (χ1n) is 6.69. The number of amides is 1. The molecule has 2 N–H and O–H groups in total. The molecule has 3 rings (SSSR count). The maximum atomic E-state index is 13.6. The predicted octanol–water partition coefficient (Wildman–Crippen LogP) is 3.70. The summed E-state index contributed by atoms with van der Waals surface area (Å²) in [4.78, 5) is 15.1. The van der Waals surface area contributed by atoms with Crippen LogP contribution < -0.4 is 5.32 Å². The Balaban J connectivity index is 1.82. The van der Waals surface area contributed by atoms with Gasteiger partial charge < -0.3 is 14.7 Å². The molecule has 0 spiro atoms. The number of rotatable bonds is 3. The third-order valence-corrected chi connectivity index (χ3v) is 3.39. The lowest BCUT2D eigenvalue weighted by Crippen LogP contribution is -2.26. The highest BCUT2D eigenvalue weighted by Crippen LogP contribution is 2.20. The summed E-state index contributed by atoms with van der Waals surface area (Å²) in [6.07, 6.45) is 0. The quantitative estimate of drug-likeness (QED) is 0.771. The highest BCUT2D eigenvalue weighted by molar-refractivity contribution is 5.98. The average molecular weight is 286 g/mol. The number of hydrogen-bond acceptors (Lipinski definition) is 2. The zero-order chi connectivity index (χ0) is 15.0. The van der Waals surface area contributed by atoms with Gasteiger partial charge in [-0.05, 0) is 44.2 Å². The molecule has 0 bridgehead atoms. The number of halogens is 1. The van der Waals surface area contributed by atoms with Gasteiger partial charge in [-0.2, -0.15) is 0 Å². The first-order chi connectivity index (χ1) is 10.0. The van der Waals surface area contributed by atoms with Crippen molar-refractivity contribution in [2.45, 2.75) is 19.9 Å². The number of furan rings is 1. The van der Waals surface area contributed by atoms with Crippen molar-refractivity contribution in [3.8, 4) is 0 Å². The lowest BCUT2D eigenvalue weighted by atomic mass is 10.2. The zero-order valence-electron chi connectivity index (χ0n) is 11.7. The Kier molecular flexibility index (Phi) is 3.25. The summed E-state index contributed by atoms with van der Waals surface area (Å²) in [6.45, 7) is 3.68. The normalized spacial score (nSPS) is 12.5. The number of hydrogen-bond donors (Lipinski definition) is 2. The van der Waals surface area contributed by atoms with Crippen molar-refractivity contribution in [1.29, 1.82) is 0 Å². The Morgan fingerprint density at radius 1 is 1.33 bits per heavy atom. The van der Waals surface area contributed by atoms with Crippen LogP contribution in [0.25, 0.3) is 10.9 Å². The van der Waals surface area contributed by atoms with Crippen molar-refractivity contribution in [3.63, 3.8) is 0 Å². The Labute approximate surface area is 121 Å². The van der Waals surface area contributed by atoms with E-state index in [1.54, 1.807) is 12.1 Å². The summed E-state index contributed by atoms with van der Waals surface area (Å²) in [5.74, 6) is 0.826. The van der Waals surface area contributed by atoms with E-state index in [0.717, 1.165) is 5.76 Å². The van der Waals surface area contributed by atoms with Gasteiger partial charge in [0, 0.05) is 10.9 Å². The van der Waals surface area contributed by atoms with E-state index in [0.29, 0.717) is 22.4 Å². The molecule has 2 heterocycles. The van der Waals surface area contributed by atoms with E-state index in [9.17, 15) is 9.18 Å². The highest BCUT2D eigenvalue weighted by Gasteiger charge is 2.16. The van der Waals surface area contributed by atoms with Gasteiger partial charge in [-0.25, -0.2) is 4.39 Å². The molecule has 0 radical (unpaired) electrons. The number of aromatic nitrogens is 1. The standard InChI is InChI=1S/C16H15FN2O2/c1-9-6-7-15(21-9)10(2)18-16(20)14-8-11-12(17)4-3-5-13(11)19-14/h3-8,10,19H,1-2H3,(H,18,20)/t10-/m0/s1. The van der Waals surface area contributed by atoms with E-state index in [1.165, 1.54) is 12.1 Å². The van der Waals surface area contributed by atoms with E-state index in [1.807, 2.05) is 26.0 Å². The number of aromatic amines is 1. The van der Waals surface area contributed by atoms with Crippen molar-refractivity contribution in [1.82, 2.24) is 10.3 Å². The fourth-order valence-electron chi connectivity index (χ4n) is 2.27. The van der Waals surface area contributed by atoms with E-state index in [4.69, 9.17) is 4.42 Å². The van der Waals surface area contributed by atoms with Gasteiger partial charge in [0.05, 0.1) is 6.04 Å². The van der Waals surface area contributed by atoms with Gasteiger partial charge in [0.15, 0.2) is 0 Å². The van der Waals surface area contributed by atoms with Crippen molar-refractivity contribution in [3.05, 3.63) is 59.4 Å². The molecule has 0 aliphatic heterocycles. The molecular weight excluding hydrogens is 271 g/mol. The second-order valence-corrected chi connectivity index (χ2v) is 5.03. The summed E-state index contributed by atoms with van der Waals surface area (Å²) in [6, 6.07) is 9.62. The fourth-order valence-corrected chi connectivity index (χ4v) is 2.27. The number of carbonyl (C=O) groups excluding carboxylic acids is 1. The summed E-state index contributed by atoms with van der Waals surface area (Å²) in [7, 11) is 0. The second-order valence-electron chi connectivity index (χ2n) is 5.03.